The summed E-state index contributed by atoms with van der Waals surface area (Å²) in [6.07, 6.45) is 7.60. The number of hydrogen-bond acceptors (Lipinski definition) is 4. The van der Waals surface area contributed by atoms with Crippen LogP contribution < -0.4 is 0 Å². The second-order valence-electron chi connectivity index (χ2n) is 6.85. The molecular weight excluding hydrogens is 290 g/mol. The van der Waals surface area contributed by atoms with Gasteiger partial charge in [-0.25, -0.2) is 0 Å². The summed E-state index contributed by atoms with van der Waals surface area (Å²) in [5.41, 5.74) is 1.17. The predicted molar refractivity (Wildman–Crippen MR) is 89.1 cm³/mol. The minimum Gasteiger partial charge on any atom is -0.374 e. The van der Waals surface area contributed by atoms with Crippen LogP contribution in [0.5, 0.6) is 0 Å². The number of amides is 1. The molecule has 23 heavy (non-hydrogen) atoms. The van der Waals surface area contributed by atoms with Crippen LogP contribution in [0.4, 0.5) is 0 Å². The standard InChI is InChI=1S/C18H27N3O2/c1-20-10-11-23-17(13-20)14-21(12-16-2-3-16)18(22)5-4-15-6-8-19-9-7-15/h6-9,16-17H,2-5,10-14H2,1H3/t17-/m0/s1. The van der Waals surface area contributed by atoms with E-state index in [0.717, 1.165) is 39.2 Å². The van der Waals surface area contributed by atoms with Gasteiger partial charge >= 0.3 is 0 Å². The monoisotopic (exact) mass is 317 g/mol. The van der Waals surface area contributed by atoms with Gasteiger partial charge in [-0.1, -0.05) is 0 Å². The average molecular weight is 317 g/mol. The molecule has 126 valence electrons. The first kappa shape index (κ1) is 16.4. The first-order chi connectivity index (χ1) is 11.2. The lowest BCUT2D eigenvalue weighted by Crippen LogP contribution is -2.48. The summed E-state index contributed by atoms with van der Waals surface area (Å²) in [6, 6.07) is 3.97. The second-order valence-corrected chi connectivity index (χ2v) is 6.85. The van der Waals surface area contributed by atoms with Crippen molar-refractivity contribution in [3.63, 3.8) is 0 Å². The fourth-order valence-electron chi connectivity index (χ4n) is 3.07. The third-order valence-electron chi connectivity index (χ3n) is 4.67. The molecule has 5 heteroatoms. The highest BCUT2D eigenvalue weighted by atomic mass is 16.5. The maximum absolute atomic E-state index is 12.7. The van der Waals surface area contributed by atoms with Crippen molar-refractivity contribution in [1.82, 2.24) is 14.8 Å². The molecule has 1 aliphatic heterocycles. The first-order valence-corrected chi connectivity index (χ1v) is 8.67. The largest absolute Gasteiger partial charge is 0.374 e. The van der Waals surface area contributed by atoms with E-state index in [1.807, 2.05) is 17.0 Å². The number of hydrogen-bond donors (Lipinski definition) is 0. The Kier molecular flexibility index (Phi) is 5.62. The Balaban J connectivity index is 1.53. The van der Waals surface area contributed by atoms with E-state index in [-0.39, 0.29) is 12.0 Å². The Morgan fingerprint density at radius 2 is 2.13 bits per heavy atom. The lowest BCUT2D eigenvalue weighted by atomic mass is 10.1. The van der Waals surface area contributed by atoms with Crippen molar-refractivity contribution >= 4 is 5.91 Å². The van der Waals surface area contributed by atoms with Crippen LogP contribution in [0.15, 0.2) is 24.5 Å². The number of pyridine rings is 1. The van der Waals surface area contributed by atoms with Crippen molar-refractivity contribution < 1.29 is 9.53 Å². The van der Waals surface area contributed by atoms with Gasteiger partial charge in [0.2, 0.25) is 5.91 Å². The van der Waals surface area contributed by atoms with E-state index in [9.17, 15) is 4.79 Å². The van der Waals surface area contributed by atoms with Gasteiger partial charge in [-0.2, -0.15) is 0 Å². The van der Waals surface area contributed by atoms with Crippen LogP contribution in [-0.4, -0.2) is 66.6 Å². The third-order valence-corrected chi connectivity index (χ3v) is 4.67. The Morgan fingerprint density at radius 3 is 2.83 bits per heavy atom. The molecule has 1 aromatic rings. The Hall–Kier alpha value is -1.46. The van der Waals surface area contributed by atoms with Crippen LogP contribution in [0.25, 0.3) is 0 Å². The van der Waals surface area contributed by atoms with Gasteiger partial charge in [0.25, 0.3) is 0 Å². The van der Waals surface area contributed by atoms with E-state index in [1.165, 1.54) is 18.4 Å². The van der Waals surface area contributed by atoms with E-state index < -0.39 is 0 Å². The zero-order chi connectivity index (χ0) is 16.1. The Bertz CT molecular complexity index is 504. The van der Waals surface area contributed by atoms with Crippen molar-refractivity contribution in [2.24, 2.45) is 5.92 Å². The fourth-order valence-corrected chi connectivity index (χ4v) is 3.07. The maximum atomic E-state index is 12.7. The zero-order valence-corrected chi connectivity index (χ0v) is 14.0. The fraction of sp³-hybridized carbons (Fsp3) is 0.667. The summed E-state index contributed by atoms with van der Waals surface area (Å²) in [5.74, 6) is 0.965. The van der Waals surface area contributed by atoms with Crippen LogP contribution in [-0.2, 0) is 16.0 Å². The van der Waals surface area contributed by atoms with E-state index in [4.69, 9.17) is 4.74 Å². The van der Waals surface area contributed by atoms with Crippen LogP contribution in [0.3, 0.4) is 0 Å². The Labute approximate surface area is 138 Å². The molecule has 0 radical (unpaired) electrons. The molecule has 1 atom stereocenters. The quantitative estimate of drug-likeness (QED) is 0.766. The van der Waals surface area contributed by atoms with Crippen LogP contribution in [0.1, 0.15) is 24.8 Å². The lowest BCUT2D eigenvalue weighted by Gasteiger charge is -2.34. The SMILES string of the molecule is CN1CCO[C@H](CN(CC2CC2)C(=O)CCc2ccncc2)C1. The number of morpholine rings is 1. The zero-order valence-electron chi connectivity index (χ0n) is 14.0. The van der Waals surface area contributed by atoms with Gasteiger partial charge in [-0.05, 0) is 49.9 Å². The minimum absolute atomic E-state index is 0.150. The van der Waals surface area contributed by atoms with Crippen LogP contribution in [0, 0.1) is 5.92 Å². The van der Waals surface area contributed by atoms with Crippen molar-refractivity contribution in [3.05, 3.63) is 30.1 Å². The van der Waals surface area contributed by atoms with Gasteiger partial charge in [-0.15, -0.1) is 0 Å². The number of carbonyl (C=O) groups excluding carboxylic acids is 1. The van der Waals surface area contributed by atoms with Gasteiger partial charge in [0, 0.05) is 45.0 Å². The molecule has 2 fully saturated rings. The number of likely N-dealkylation sites (N-methyl/N-ethyl adjacent to an activating group) is 1. The number of aromatic nitrogens is 1. The number of carbonyl (C=O) groups is 1. The highest BCUT2D eigenvalue weighted by Gasteiger charge is 2.29. The van der Waals surface area contributed by atoms with E-state index in [0.29, 0.717) is 12.3 Å². The van der Waals surface area contributed by atoms with Crippen molar-refractivity contribution in [2.75, 3.05) is 39.8 Å². The Morgan fingerprint density at radius 1 is 1.35 bits per heavy atom. The highest BCUT2D eigenvalue weighted by molar-refractivity contribution is 5.76. The van der Waals surface area contributed by atoms with Gasteiger partial charge < -0.3 is 14.5 Å². The maximum Gasteiger partial charge on any atom is 0.222 e. The van der Waals surface area contributed by atoms with E-state index >= 15 is 0 Å². The van der Waals surface area contributed by atoms with Crippen LogP contribution in [0.2, 0.25) is 0 Å². The highest BCUT2D eigenvalue weighted by Crippen LogP contribution is 2.30. The number of nitrogens with zero attached hydrogens (tertiary/aromatic N) is 3. The first-order valence-electron chi connectivity index (χ1n) is 8.67. The molecule has 0 aromatic carbocycles. The predicted octanol–water partition coefficient (Wildman–Crippen LogP) is 1.58. The summed E-state index contributed by atoms with van der Waals surface area (Å²) in [6.45, 7) is 4.30. The number of aryl methyl sites for hydroxylation is 1. The molecule has 1 aromatic heterocycles. The third kappa shape index (κ3) is 5.29. The summed E-state index contributed by atoms with van der Waals surface area (Å²) in [5, 5.41) is 0. The molecular formula is C18H27N3O2. The number of ether oxygens (including phenoxy) is 1. The topological polar surface area (TPSA) is 45.7 Å². The number of rotatable bonds is 7. The smallest absolute Gasteiger partial charge is 0.222 e. The summed E-state index contributed by atoms with van der Waals surface area (Å²) >= 11 is 0. The molecule has 2 aliphatic rings. The van der Waals surface area contributed by atoms with E-state index in [1.54, 1.807) is 12.4 Å². The molecule has 0 bridgehead atoms. The van der Waals surface area contributed by atoms with Gasteiger partial charge in [-0.3, -0.25) is 9.78 Å². The average Bonchev–Trinajstić information content (AvgIpc) is 3.37. The molecule has 0 unspecified atom stereocenters. The molecule has 1 saturated carbocycles. The van der Waals surface area contributed by atoms with Crippen molar-refractivity contribution in [3.8, 4) is 0 Å². The summed E-state index contributed by atoms with van der Waals surface area (Å²) in [7, 11) is 2.12. The van der Waals surface area contributed by atoms with Gasteiger partial charge in [0.15, 0.2) is 0 Å². The molecule has 2 heterocycles. The van der Waals surface area contributed by atoms with E-state index in [2.05, 4.69) is 16.9 Å². The normalized spacial score (nSPS) is 22.0. The van der Waals surface area contributed by atoms with Crippen LogP contribution >= 0.6 is 0 Å². The minimum atomic E-state index is 0.150. The molecule has 1 aliphatic carbocycles. The molecule has 0 N–H and O–H groups in total. The summed E-state index contributed by atoms with van der Waals surface area (Å²) < 4.78 is 5.85. The van der Waals surface area contributed by atoms with Gasteiger partial charge in [0.05, 0.1) is 12.7 Å². The van der Waals surface area contributed by atoms with Crippen molar-refractivity contribution in [1.29, 1.82) is 0 Å². The second kappa shape index (κ2) is 7.88. The molecule has 0 spiro atoms. The summed E-state index contributed by atoms with van der Waals surface area (Å²) in [4.78, 5) is 21.0. The molecule has 3 rings (SSSR count). The van der Waals surface area contributed by atoms with Crippen molar-refractivity contribution in [2.45, 2.75) is 31.8 Å². The lowest BCUT2D eigenvalue weighted by molar-refractivity contribution is -0.134. The molecule has 5 nitrogen and oxygen atoms in total. The van der Waals surface area contributed by atoms with Gasteiger partial charge in [0.1, 0.15) is 0 Å². The molecule has 1 saturated heterocycles. The molecule has 1 amide bonds.